The van der Waals surface area contributed by atoms with Gasteiger partial charge in [0.15, 0.2) is 0 Å². The van der Waals surface area contributed by atoms with Crippen LogP contribution in [0, 0.1) is 6.92 Å². The Morgan fingerprint density at radius 1 is 1.19 bits per heavy atom. The van der Waals surface area contributed by atoms with Crippen molar-refractivity contribution in [2.24, 2.45) is 0 Å². The summed E-state index contributed by atoms with van der Waals surface area (Å²) in [6.45, 7) is 7.09. The first-order chi connectivity index (χ1) is 12.3. The number of nitrogens with one attached hydrogen (secondary N) is 3. The van der Waals surface area contributed by atoms with E-state index in [1.54, 1.807) is 19.9 Å². The summed E-state index contributed by atoms with van der Waals surface area (Å²) in [5.41, 5.74) is 4.65. The maximum absolute atomic E-state index is 12.4. The van der Waals surface area contributed by atoms with Crippen LogP contribution in [-0.4, -0.2) is 40.7 Å². The second-order valence-corrected chi connectivity index (χ2v) is 7.32. The zero-order valence-corrected chi connectivity index (χ0v) is 16.2. The van der Waals surface area contributed by atoms with Gasteiger partial charge < -0.3 is 5.32 Å². The lowest BCUT2D eigenvalue weighted by atomic mass is 9.93. The molecule has 0 aliphatic carbocycles. The van der Waals surface area contributed by atoms with Crippen LogP contribution >= 0.6 is 11.3 Å². The highest BCUT2D eigenvalue weighted by atomic mass is 32.1. The molecule has 0 aromatic carbocycles. The van der Waals surface area contributed by atoms with Crippen LogP contribution in [0.5, 0.6) is 0 Å². The van der Waals surface area contributed by atoms with Crippen molar-refractivity contribution < 1.29 is 19.2 Å². The van der Waals surface area contributed by atoms with Gasteiger partial charge in [0.05, 0.1) is 4.88 Å². The van der Waals surface area contributed by atoms with Gasteiger partial charge in [0.25, 0.3) is 17.7 Å². The topological polar surface area (TPSA) is 108 Å². The van der Waals surface area contributed by atoms with Crippen LogP contribution in [0.3, 0.4) is 0 Å². The van der Waals surface area contributed by atoms with Gasteiger partial charge in [0.2, 0.25) is 0 Å². The van der Waals surface area contributed by atoms with Gasteiger partial charge in [-0.25, -0.2) is 4.79 Å². The highest BCUT2D eigenvalue weighted by Crippen LogP contribution is 2.24. The second kappa shape index (κ2) is 7.86. The first-order valence-corrected chi connectivity index (χ1v) is 9.42. The number of hydrogen-bond donors (Lipinski definition) is 3. The number of carbonyl (C=O) groups is 4. The fourth-order valence-electron chi connectivity index (χ4n) is 2.90. The highest BCUT2D eigenvalue weighted by Gasteiger charge is 2.49. The summed E-state index contributed by atoms with van der Waals surface area (Å²) in [6.07, 6.45) is 1.72. The number of imide groups is 1. The second-order valence-electron chi connectivity index (χ2n) is 6.18. The standard InChI is InChI=1S/C17H24N4O4S/c1-5-11-10(4)8-12(26-11)14(23)20-19-13(22)9-21-15(24)17(6-2,7-3)18-16(21)25/h8H,5-7,9H2,1-4H3,(H,18,25)(H,19,22)(H,20,23). The van der Waals surface area contributed by atoms with Crippen molar-refractivity contribution in [3.05, 3.63) is 21.4 Å². The number of rotatable bonds is 6. The number of hydrazine groups is 1. The summed E-state index contributed by atoms with van der Waals surface area (Å²) >= 11 is 1.37. The lowest BCUT2D eigenvalue weighted by molar-refractivity contribution is -0.135. The van der Waals surface area contributed by atoms with Crippen molar-refractivity contribution in [1.82, 2.24) is 21.1 Å². The molecule has 2 rings (SSSR count). The van der Waals surface area contributed by atoms with E-state index < -0.39 is 35.8 Å². The molecule has 2 heterocycles. The smallest absolute Gasteiger partial charge is 0.323 e. The SMILES string of the molecule is CCc1sc(C(=O)NNC(=O)CN2C(=O)NC(CC)(CC)C2=O)cc1C. The van der Waals surface area contributed by atoms with E-state index in [9.17, 15) is 19.2 Å². The molecule has 1 aliphatic heterocycles. The monoisotopic (exact) mass is 380 g/mol. The van der Waals surface area contributed by atoms with E-state index in [4.69, 9.17) is 0 Å². The Balaban J connectivity index is 1.93. The molecule has 0 atom stereocenters. The summed E-state index contributed by atoms with van der Waals surface area (Å²) in [5, 5.41) is 2.65. The molecule has 1 saturated heterocycles. The minimum absolute atomic E-state index is 0.421. The van der Waals surface area contributed by atoms with Crippen molar-refractivity contribution in [1.29, 1.82) is 0 Å². The number of aryl methyl sites for hydroxylation is 2. The molecule has 0 saturated carbocycles. The molecule has 1 aromatic heterocycles. The fraction of sp³-hybridized carbons (Fsp3) is 0.529. The Morgan fingerprint density at radius 2 is 1.85 bits per heavy atom. The van der Waals surface area contributed by atoms with Gasteiger partial charge in [0, 0.05) is 4.88 Å². The molecule has 3 N–H and O–H groups in total. The molecule has 142 valence electrons. The largest absolute Gasteiger partial charge is 0.325 e. The van der Waals surface area contributed by atoms with E-state index in [1.165, 1.54) is 11.3 Å². The lowest BCUT2D eigenvalue weighted by Crippen LogP contribution is -2.49. The quantitative estimate of drug-likeness (QED) is 0.513. The molecule has 0 spiro atoms. The third kappa shape index (κ3) is 3.72. The van der Waals surface area contributed by atoms with Gasteiger partial charge in [0.1, 0.15) is 12.1 Å². The molecule has 1 aromatic rings. The number of urea groups is 1. The first-order valence-electron chi connectivity index (χ1n) is 8.60. The van der Waals surface area contributed by atoms with Gasteiger partial charge >= 0.3 is 6.03 Å². The molecule has 8 nitrogen and oxygen atoms in total. The van der Waals surface area contributed by atoms with Crippen molar-refractivity contribution in [2.45, 2.75) is 52.5 Å². The number of carbonyl (C=O) groups excluding carboxylic acids is 4. The number of thiophene rings is 1. The zero-order valence-electron chi connectivity index (χ0n) is 15.4. The maximum atomic E-state index is 12.4. The van der Waals surface area contributed by atoms with E-state index in [1.807, 2.05) is 13.8 Å². The van der Waals surface area contributed by atoms with Crippen LogP contribution in [0.2, 0.25) is 0 Å². The van der Waals surface area contributed by atoms with Crippen LogP contribution in [0.25, 0.3) is 0 Å². The van der Waals surface area contributed by atoms with E-state index in [2.05, 4.69) is 16.2 Å². The molecule has 1 fully saturated rings. The fourth-order valence-corrected chi connectivity index (χ4v) is 3.91. The van der Waals surface area contributed by atoms with Crippen molar-refractivity contribution in [3.8, 4) is 0 Å². The Hall–Kier alpha value is -2.42. The molecule has 26 heavy (non-hydrogen) atoms. The van der Waals surface area contributed by atoms with Gasteiger partial charge in [-0.05, 0) is 37.8 Å². The number of amides is 5. The van der Waals surface area contributed by atoms with Gasteiger partial charge in [-0.3, -0.25) is 30.1 Å². The molecular weight excluding hydrogens is 356 g/mol. The minimum Gasteiger partial charge on any atom is -0.323 e. The average molecular weight is 380 g/mol. The molecule has 0 radical (unpaired) electrons. The molecule has 9 heteroatoms. The summed E-state index contributed by atoms with van der Waals surface area (Å²) in [4.78, 5) is 51.1. The molecule has 0 bridgehead atoms. The molecule has 0 unspecified atom stereocenters. The number of hydrogen-bond acceptors (Lipinski definition) is 5. The first kappa shape index (κ1) is 19.9. The average Bonchev–Trinajstić information content (AvgIpc) is 3.12. The van der Waals surface area contributed by atoms with Gasteiger partial charge in [-0.1, -0.05) is 20.8 Å². The Kier molecular flexibility index (Phi) is 6.01. The minimum atomic E-state index is -0.953. The Morgan fingerprint density at radius 3 is 2.35 bits per heavy atom. The van der Waals surface area contributed by atoms with Crippen molar-refractivity contribution in [3.63, 3.8) is 0 Å². The highest BCUT2D eigenvalue weighted by molar-refractivity contribution is 7.14. The third-order valence-corrected chi connectivity index (χ3v) is 6.02. The maximum Gasteiger partial charge on any atom is 0.325 e. The van der Waals surface area contributed by atoms with Crippen LogP contribution in [0.15, 0.2) is 6.07 Å². The van der Waals surface area contributed by atoms with Gasteiger partial charge in [-0.2, -0.15) is 0 Å². The lowest BCUT2D eigenvalue weighted by Gasteiger charge is -2.22. The van der Waals surface area contributed by atoms with E-state index >= 15 is 0 Å². The van der Waals surface area contributed by atoms with Crippen LogP contribution in [0.1, 0.15) is 53.7 Å². The number of nitrogens with zero attached hydrogens (tertiary/aromatic N) is 1. The van der Waals surface area contributed by atoms with E-state index in [0.717, 1.165) is 21.8 Å². The Bertz CT molecular complexity index is 739. The summed E-state index contributed by atoms with van der Waals surface area (Å²) in [7, 11) is 0. The molecule has 1 aliphatic rings. The molecule has 5 amide bonds. The van der Waals surface area contributed by atoms with Crippen LogP contribution in [0.4, 0.5) is 4.79 Å². The summed E-state index contributed by atoms with van der Waals surface area (Å²) in [6, 6.07) is 1.17. The third-order valence-electron chi connectivity index (χ3n) is 4.64. The van der Waals surface area contributed by atoms with E-state index in [-0.39, 0.29) is 0 Å². The summed E-state index contributed by atoms with van der Waals surface area (Å²) < 4.78 is 0. The van der Waals surface area contributed by atoms with Gasteiger partial charge in [-0.15, -0.1) is 11.3 Å². The zero-order chi connectivity index (χ0) is 19.5. The van der Waals surface area contributed by atoms with Crippen LogP contribution in [-0.2, 0) is 16.0 Å². The normalized spacial score (nSPS) is 15.8. The predicted molar refractivity (Wildman–Crippen MR) is 97.6 cm³/mol. The van der Waals surface area contributed by atoms with Crippen molar-refractivity contribution >= 4 is 35.1 Å². The molecular formula is C17H24N4O4S. The van der Waals surface area contributed by atoms with Crippen LogP contribution < -0.4 is 16.2 Å². The Labute approximate surface area is 156 Å². The summed E-state index contributed by atoms with van der Waals surface area (Å²) in [5.74, 6) is -1.50. The van der Waals surface area contributed by atoms with Crippen molar-refractivity contribution in [2.75, 3.05) is 6.54 Å². The van der Waals surface area contributed by atoms with E-state index in [0.29, 0.717) is 17.7 Å². The predicted octanol–water partition coefficient (Wildman–Crippen LogP) is 1.49.